The fourth-order valence-corrected chi connectivity index (χ4v) is 4.54. The number of hydrogen-bond donors (Lipinski definition) is 1. The fourth-order valence-electron chi connectivity index (χ4n) is 4.54. The van der Waals surface area contributed by atoms with E-state index in [-0.39, 0.29) is 11.2 Å². The van der Waals surface area contributed by atoms with Gasteiger partial charge in [0, 0.05) is 0 Å². The molecule has 0 unspecified atom stereocenters. The molecule has 5 rings (SSSR count). The van der Waals surface area contributed by atoms with Crippen LogP contribution in [0.3, 0.4) is 0 Å². The fraction of sp³-hybridized carbons (Fsp3) is 0.143. The number of fused-ring (bicyclic) bond motifs is 3. The molecule has 1 heteroatoms. The summed E-state index contributed by atoms with van der Waals surface area (Å²) in [6.45, 7) is 6.12. The molecule has 1 aliphatic rings. The molecule has 1 nitrogen and oxygen atoms in total. The van der Waals surface area contributed by atoms with Crippen LogP contribution < -0.4 is 0 Å². The zero-order chi connectivity index (χ0) is 20.4. The van der Waals surface area contributed by atoms with Crippen LogP contribution in [-0.4, -0.2) is 5.11 Å². The number of hydrogen-bond acceptors (Lipinski definition) is 1. The van der Waals surface area contributed by atoms with Crippen LogP contribution in [0.5, 0.6) is 5.75 Å². The Hall–Kier alpha value is -3.32. The van der Waals surface area contributed by atoms with E-state index in [0.717, 1.165) is 0 Å². The predicted octanol–water partition coefficient (Wildman–Crippen LogP) is 7.09. The Morgan fingerprint density at radius 2 is 0.966 bits per heavy atom. The maximum Gasteiger partial charge on any atom is 0.115 e. The summed E-state index contributed by atoms with van der Waals surface area (Å²) in [5.41, 5.74) is 8.43. The zero-order valence-electron chi connectivity index (χ0n) is 17.2. The summed E-state index contributed by atoms with van der Waals surface area (Å²) in [4.78, 5) is 0. The van der Waals surface area contributed by atoms with Gasteiger partial charge < -0.3 is 5.11 Å². The van der Waals surface area contributed by atoms with Crippen LogP contribution in [-0.2, 0) is 5.41 Å². The summed E-state index contributed by atoms with van der Waals surface area (Å²) in [6.07, 6.45) is 0. The third kappa shape index (κ3) is 2.86. The number of phenols is 1. The van der Waals surface area contributed by atoms with Gasteiger partial charge in [-0.25, -0.2) is 0 Å². The van der Waals surface area contributed by atoms with Gasteiger partial charge in [0.05, 0.1) is 5.41 Å². The topological polar surface area (TPSA) is 20.2 Å². The molecule has 0 atom stereocenters. The smallest absolute Gasteiger partial charge is 0.115 e. The largest absolute Gasteiger partial charge is 0.508 e. The molecule has 4 aromatic rings. The van der Waals surface area contributed by atoms with E-state index < -0.39 is 0 Å². The molecule has 1 aliphatic carbocycles. The molecule has 0 aliphatic heterocycles. The van der Waals surface area contributed by atoms with Gasteiger partial charge in [-0.15, -0.1) is 0 Å². The molecule has 144 valence electrons. The molecule has 0 amide bonds. The van der Waals surface area contributed by atoms with Gasteiger partial charge in [-0.2, -0.15) is 0 Å². The lowest BCUT2D eigenvalue weighted by molar-refractivity contribution is 0.475. The first kappa shape index (κ1) is 19.0. The highest BCUT2D eigenvalue weighted by Gasteiger charge is 2.45. The minimum absolute atomic E-state index is 0.289. The summed E-state index contributed by atoms with van der Waals surface area (Å²) >= 11 is 0. The molecule has 0 heterocycles. The molecule has 0 fully saturated rings. The molecule has 4 aromatic carbocycles. The Kier molecular flexibility index (Phi) is 4.98. The lowest BCUT2D eigenvalue weighted by Crippen LogP contribution is -2.28. The van der Waals surface area contributed by atoms with Gasteiger partial charge in [-0.1, -0.05) is 104 Å². The third-order valence-corrected chi connectivity index (χ3v) is 5.74. The molecule has 0 spiro atoms. The second-order valence-corrected chi connectivity index (χ2v) is 7.25. The monoisotopic (exact) mass is 378 g/mol. The van der Waals surface area contributed by atoms with Crippen molar-refractivity contribution in [1.29, 1.82) is 0 Å². The van der Waals surface area contributed by atoms with Crippen LogP contribution in [0.15, 0.2) is 97.1 Å². The van der Waals surface area contributed by atoms with E-state index in [1.54, 1.807) is 12.1 Å². The molecule has 0 aromatic heterocycles. The predicted molar refractivity (Wildman–Crippen MR) is 121 cm³/mol. The van der Waals surface area contributed by atoms with E-state index in [1.807, 2.05) is 26.0 Å². The van der Waals surface area contributed by atoms with E-state index in [4.69, 9.17) is 0 Å². The summed E-state index contributed by atoms with van der Waals surface area (Å²) in [5, 5.41) is 9.88. The molecule has 0 radical (unpaired) electrons. The van der Waals surface area contributed by atoms with Crippen molar-refractivity contribution < 1.29 is 5.11 Å². The van der Waals surface area contributed by atoms with Crippen LogP contribution in [0.4, 0.5) is 0 Å². The van der Waals surface area contributed by atoms with Crippen molar-refractivity contribution in [3.63, 3.8) is 0 Å². The van der Waals surface area contributed by atoms with Gasteiger partial charge in [-0.3, -0.25) is 0 Å². The molecular formula is C28H26O. The van der Waals surface area contributed by atoms with Gasteiger partial charge in [0.25, 0.3) is 0 Å². The molecule has 0 saturated carbocycles. The Morgan fingerprint density at radius 3 is 1.45 bits per heavy atom. The normalized spacial score (nSPS) is 13.1. The van der Waals surface area contributed by atoms with E-state index in [1.165, 1.54) is 38.9 Å². The number of benzene rings is 4. The van der Waals surface area contributed by atoms with Gasteiger partial charge in [0.2, 0.25) is 0 Å². The summed E-state index contributed by atoms with van der Waals surface area (Å²) in [7, 11) is 0. The van der Waals surface area contributed by atoms with Gasteiger partial charge in [-0.05, 0) is 52.4 Å². The van der Waals surface area contributed by atoms with Crippen LogP contribution in [0, 0.1) is 6.92 Å². The van der Waals surface area contributed by atoms with Crippen LogP contribution in [0.25, 0.3) is 11.1 Å². The van der Waals surface area contributed by atoms with E-state index in [0.29, 0.717) is 0 Å². The SMILES string of the molecule is CC.Cc1ccc(C2(c3ccc(O)cc3)c3ccccc3-c3ccccc32)cc1. The Morgan fingerprint density at radius 1 is 0.552 bits per heavy atom. The Balaban J connectivity index is 0.000000994. The third-order valence-electron chi connectivity index (χ3n) is 5.74. The van der Waals surface area contributed by atoms with Crippen molar-refractivity contribution in [3.05, 3.63) is 125 Å². The average molecular weight is 379 g/mol. The van der Waals surface area contributed by atoms with Gasteiger partial charge in [0.15, 0.2) is 0 Å². The molecule has 1 N–H and O–H groups in total. The number of aryl methyl sites for hydroxylation is 1. The first-order valence-corrected chi connectivity index (χ1v) is 10.3. The molecular weight excluding hydrogens is 352 g/mol. The highest BCUT2D eigenvalue weighted by molar-refractivity contribution is 5.86. The second-order valence-electron chi connectivity index (χ2n) is 7.25. The maximum atomic E-state index is 9.88. The highest BCUT2D eigenvalue weighted by Crippen LogP contribution is 2.55. The van der Waals surface area contributed by atoms with Crippen LogP contribution in [0.1, 0.15) is 41.7 Å². The first-order valence-electron chi connectivity index (χ1n) is 10.3. The summed E-state index contributed by atoms with van der Waals surface area (Å²) in [5.74, 6) is 0.289. The lowest BCUT2D eigenvalue weighted by atomic mass is 9.67. The minimum atomic E-state index is -0.380. The molecule has 29 heavy (non-hydrogen) atoms. The Bertz CT molecular complexity index is 1030. The van der Waals surface area contributed by atoms with Gasteiger partial charge in [0.1, 0.15) is 5.75 Å². The van der Waals surface area contributed by atoms with E-state index in [2.05, 4.69) is 79.7 Å². The van der Waals surface area contributed by atoms with Gasteiger partial charge >= 0.3 is 0 Å². The molecule has 0 saturated heterocycles. The van der Waals surface area contributed by atoms with Crippen LogP contribution in [0.2, 0.25) is 0 Å². The summed E-state index contributed by atoms with van der Waals surface area (Å²) < 4.78 is 0. The number of phenolic OH excluding ortho intramolecular Hbond substituents is 1. The first-order chi connectivity index (χ1) is 14.2. The zero-order valence-corrected chi connectivity index (χ0v) is 17.2. The van der Waals surface area contributed by atoms with Crippen molar-refractivity contribution in [2.45, 2.75) is 26.2 Å². The van der Waals surface area contributed by atoms with Crippen molar-refractivity contribution >= 4 is 0 Å². The lowest BCUT2D eigenvalue weighted by Gasteiger charge is -2.34. The Labute approximate surface area is 173 Å². The van der Waals surface area contributed by atoms with E-state index >= 15 is 0 Å². The van der Waals surface area contributed by atoms with Crippen molar-refractivity contribution in [3.8, 4) is 16.9 Å². The van der Waals surface area contributed by atoms with Crippen LogP contribution >= 0.6 is 0 Å². The maximum absolute atomic E-state index is 9.88. The van der Waals surface area contributed by atoms with Crippen molar-refractivity contribution in [1.82, 2.24) is 0 Å². The molecule has 0 bridgehead atoms. The average Bonchev–Trinajstić information content (AvgIpc) is 3.08. The number of aromatic hydroxyl groups is 1. The number of rotatable bonds is 2. The quantitative estimate of drug-likeness (QED) is 0.348. The highest BCUT2D eigenvalue weighted by atomic mass is 16.3. The summed E-state index contributed by atoms with van der Waals surface area (Å²) in [6, 6.07) is 33.9. The van der Waals surface area contributed by atoms with Crippen molar-refractivity contribution in [2.75, 3.05) is 0 Å². The minimum Gasteiger partial charge on any atom is -0.508 e. The second kappa shape index (κ2) is 7.60. The van der Waals surface area contributed by atoms with E-state index in [9.17, 15) is 5.11 Å². The van der Waals surface area contributed by atoms with Crippen molar-refractivity contribution in [2.24, 2.45) is 0 Å². The standard InChI is InChI=1S/C26H20O.C2H6/c1-18-10-12-19(13-11-18)26(20-14-16-21(27)17-15-20)24-8-4-2-6-22(24)23-7-3-5-9-25(23)26;1-2/h2-17,27H,1H3;1-2H3.